The maximum atomic E-state index is 5.52. The molecule has 0 N–H and O–H groups in total. The molecule has 0 unspecified atom stereocenters. The van der Waals surface area contributed by atoms with Crippen molar-refractivity contribution in [3.05, 3.63) is 54.7 Å². The van der Waals surface area contributed by atoms with E-state index >= 15 is 0 Å². The molecule has 7 heteroatoms. The van der Waals surface area contributed by atoms with Gasteiger partial charge in [0.1, 0.15) is 11.4 Å². The smallest absolute Gasteiger partial charge is 0.202 e. The van der Waals surface area contributed by atoms with Crippen LogP contribution >= 0.6 is 0 Å². The molecule has 3 aromatic rings. The predicted molar refractivity (Wildman–Crippen MR) is 116 cm³/mol. The van der Waals surface area contributed by atoms with E-state index in [0.29, 0.717) is 11.9 Å². The molecule has 154 valence electrons. The Morgan fingerprint density at radius 1 is 0.833 bits per heavy atom. The molecule has 0 aliphatic carbocycles. The molecular weight excluding hydrogens is 376 g/mol. The van der Waals surface area contributed by atoms with E-state index in [1.807, 2.05) is 36.4 Å². The van der Waals surface area contributed by atoms with Crippen LogP contribution in [0.2, 0.25) is 0 Å². The predicted octanol–water partition coefficient (Wildman–Crippen LogP) is 2.90. The normalized spacial score (nSPS) is 18.5. The number of benzene rings is 1. The van der Waals surface area contributed by atoms with Crippen LogP contribution in [-0.4, -0.2) is 70.5 Å². The maximum absolute atomic E-state index is 5.52. The zero-order chi connectivity index (χ0) is 20.2. The summed E-state index contributed by atoms with van der Waals surface area (Å²) in [6.07, 6.45) is 4.01. The standard InChI is InChI=1S/C23H26N6O/c1-2-6-18(7-3-1)21-23(25-22(27-26-21)20-8-4-5-11-24-20)29-12-9-19(10-13-29)28-14-16-30-17-15-28/h1-8,11,19H,9-10,12-17H2. The Kier molecular flexibility index (Phi) is 5.63. The number of rotatable bonds is 4. The van der Waals surface area contributed by atoms with Gasteiger partial charge in [0.2, 0.25) is 5.82 Å². The highest BCUT2D eigenvalue weighted by Crippen LogP contribution is 2.31. The second kappa shape index (κ2) is 8.85. The van der Waals surface area contributed by atoms with Crippen molar-refractivity contribution in [3.8, 4) is 22.8 Å². The summed E-state index contributed by atoms with van der Waals surface area (Å²) in [6, 6.07) is 16.6. The Labute approximate surface area is 176 Å². The first kappa shape index (κ1) is 19.1. The number of hydrogen-bond acceptors (Lipinski definition) is 7. The highest BCUT2D eigenvalue weighted by Gasteiger charge is 2.28. The van der Waals surface area contributed by atoms with Gasteiger partial charge in [0.15, 0.2) is 5.82 Å². The summed E-state index contributed by atoms with van der Waals surface area (Å²) in [4.78, 5) is 14.3. The molecule has 2 aliphatic heterocycles. The van der Waals surface area contributed by atoms with Crippen LogP contribution < -0.4 is 4.90 Å². The highest BCUT2D eigenvalue weighted by atomic mass is 16.5. The van der Waals surface area contributed by atoms with Crippen molar-refractivity contribution in [2.45, 2.75) is 18.9 Å². The second-order valence-electron chi connectivity index (χ2n) is 7.76. The van der Waals surface area contributed by atoms with Gasteiger partial charge in [0.25, 0.3) is 0 Å². The fraction of sp³-hybridized carbons (Fsp3) is 0.391. The van der Waals surface area contributed by atoms with Gasteiger partial charge in [0.05, 0.1) is 13.2 Å². The third-order valence-electron chi connectivity index (χ3n) is 5.94. The largest absolute Gasteiger partial charge is 0.379 e. The molecule has 0 amide bonds. The van der Waals surface area contributed by atoms with E-state index < -0.39 is 0 Å². The third-order valence-corrected chi connectivity index (χ3v) is 5.94. The minimum absolute atomic E-state index is 0.570. The van der Waals surface area contributed by atoms with Crippen molar-refractivity contribution < 1.29 is 4.74 Å². The maximum Gasteiger partial charge on any atom is 0.202 e. The number of anilines is 1. The first-order chi connectivity index (χ1) is 14.9. The molecule has 1 aromatic carbocycles. The lowest BCUT2D eigenvalue weighted by molar-refractivity contribution is 0.0115. The fourth-order valence-electron chi connectivity index (χ4n) is 4.31. The van der Waals surface area contributed by atoms with Crippen LogP contribution in [0.25, 0.3) is 22.8 Å². The van der Waals surface area contributed by atoms with Crippen LogP contribution in [0.3, 0.4) is 0 Å². The Hall–Kier alpha value is -2.90. The molecule has 2 aliphatic rings. The Morgan fingerprint density at radius 3 is 2.33 bits per heavy atom. The molecule has 2 aromatic heterocycles. The minimum atomic E-state index is 0.570. The summed E-state index contributed by atoms with van der Waals surface area (Å²) in [7, 11) is 0. The number of hydrogen-bond donors (Lipinski definition) is 0. The first-order valence-electron chi connectivity index (χ1n) is 10.7. The van der Waals surface area contributed by atoms with Crippen LogP contribution in [0.1, 0.15) is 12.8 Å². The van der Waals surface area contributed by atoms with Crippen LogP contribution in [0.15, 0.2) is 54.7 Å². The number of nitrogens with zero attached hydrogens (tertiary/aromatic N) is 6. The molecule has 30 heavy (non-hydrogen) atoms. The van der Waals surface area contributed by atoms with Crippen molar-refractivity contribution >= 4 is 5.82 Å². The zero-order valence-electron chi connectivity index (χ0n) is 17.0. The van der Waals surface area contributed by atoms with E-state index in [2.05, 4.69) is 37.1 Å². The van der Waals surface area contributed by atoms with Crippen molar-refractivity contribution in [2.75, 3.05) is 44.3 Å². The molecule has 2 saturated heterocycles. The van der Waals surface area contributed by atoms with Gasteiger partial charge in [-0.2, -0.15) is 0 Å². The fourth-order valence-corrected chi connectivity index (χ4v) is 4.31. The summed E-state index contributed by atoms with van der Waals surface area (Å²) in [5.41, 5.74) is 2.62. The molecule has 0 bridgehead atoms. The van der Waals surface area contributed by atoms with Gasteiger partial charge >= 0.3 is 0 Å². The molecule has 0 saturated carbocycles. The lowest BCUT2D eigenvalue weighted by Gasteiger charge is -2.40. The molecule has 0 atom stereocenters. The van der Waals surface area contributed by atoms with E-state index in [1.54, 1.807) is 6.20 Å². The molecule has 7 nitrogen and oxygen atoms in total. The molecule has 5 rings (SSSR count). The van der Waals surface area contributed by atoms with E-state index in [9.17, 15) is 0 Å². The Bertz CT molecular complexity index is 954. The van der Waals surface area contributed by atoms with Crippen LogP contribution in [0.5, 0.6) is 0 Å². The summed E-state index contributed by atoms with van der Waals surface area (Å²) in [5.74, 6) is 1.47. The SMILES string of the molecule is c1ccc(-c2nnc(-c3ccccn3)nc2N2CCC(N3CCOCC3)CC2)cc1. The quantitative estimate of drug-likeness (QED) is 0.665. The van der Waals surface area contributed by atoms with Crippen molar-refractivity contribution in [2.24, 2.45) is 0 Å². The van der Waals surface area contributed by atoms with Crippen LogP contribution in [-0.2, 0) is 4.74 Å². The Balaban J connectivity index is 1.43. The van der Waals surface area contributed by atoms with Gasteiger partial charge < -0.3 is 9.64 Å². The number of morpholine rings is 1. The number of piperidine rings is 1. The van der Waals surface area contributed by atoms with E-state index in [-0.39, 0.29) is 0 Å². The van der Waals surface area contributed by atoms with Gasteiger partial charge in [-0.25, -0.2) is 4.98 Å². The molecule has 4 heterocycles. The van der Waals surface area contributed by atoms with E-state index in [0.717, 1.165) is 75.0 Å². The average molecular weight is 403 g/mol. The number of aromatic nitrogens is 4. The number of pyridine rings is 1. The molecular formula is C23H26N6O. The minimum Gasteiger partial charge on any atom is -0.379 e. The first-order valence-corrected chi connectivity index (χ1v) is 10.7. The lowest BCUT2D eigenvalue weighted by Crippen LogP contribution is -2.49. The van der Waals surface area contributed by atoms with Crippen molar-refractivity contribution in [1.82, 2.24) is 25.1 Å². The van der Waals surface area contributed by atoms with Gasteiger partial charge in [0, 0.05) is 44.0 Å². The summed E-state index contributed by atoms with van der Waals surface area (Å²) in [6.45, 7) is 5.70. The molecule has 2 fully saturated rings. The molecule has 0 radical (unpaired) electrons. The third kappa shape index (κ3) is 4.04. The van der Waals surface area contributed by atoms with Crippen molar-refractivity contribution in [3.63, 3.8) is 0 Å². The summed E-state index contributed by atoms with van der Waals surface area (Å²) >= 11 is 0. The monoisotopic (exact) mass is 402 g/mol. The molecule has 0 spiro atoms. The van der Waals surface area contributed by atoms with Gasteiger partial charge in [-0.15, -0.1) is 10.2 Å². The Morgan fingerprint density at radius 2 is 1.60 bits per heavy atom. The van der Waals surface area contributed by atoms with Gasteiger partial charge in [-0.3, -0.25) is 9.88 Å². The number of ether oxygens (including phenoxy) is 1. The second-order valence-corrected chi connectivity index (χ2v) is 7.76. The average Bonchev–Trinajstić information content (AvgIpc) is 2.85. The van der Waals surface area contributed by atoms with Crippen molar-refractivity contribution in [1.29, 1.82) is 0 Å². The summed E-state index contributed by atoms with van der Waals surface area (Å²) < 4.78 is 5.52. The van der Waals surface area contributed by atoms with Gasteiger partial charge in [-0.1, -0.05) is 36.4 Å². The lowest BCUT2D eigenvalue weighted by atomic mass is 10.0. The zero-order valence-corrected chi connectivity index (χ0v) is 17.0. The summed E-state index contributed by atoms with van der Waals surface area (Å²) in [5, 5.41) is 8.99. The van der Waals surface area contributed by atoms with Crippen LogP contribution in [0.4, 0.5) is 5.82 Å². The van der Waals surface area contributed by atoms with E-state index in [4.69, 9.17) is 9.72 Å². The van der Waals surface area contributed by atoms with Gasteiger partial charge in [-0.05, 0) is 25.0 Å². The van der Waals surface area contributed by atoms with E-state index in [1.165, 1.54) is 0 Å². The highest BCUT2D eigenvalue weighted by molar-refractivity contribution is 5.73. The topological polar surface area (TPSA) is 67.3 Å². The van der Waals surface area contributed by atoms with Crippen LogP contribution in [0, 0.1) is 0 Å².